The summed E-state index contributed by atoms with van der Waals surface area (Å²) in [5, 5.41) is 17.6. The van der Waals surface area contributed by atoms with Gasteiger partial charge in [-0.05, 0) is 141 Å². The van der Waals surface area contributed by atoms with Crippen molar-refractivity contribution in [3.63, 3.8) is 0 Å². The second-order valence-corrected chi connectivity index (χ2v) is 25.8. The fourth-order valence-electron chi connectivity index (χ4n) is 12.4. The largest absolute Gasteiger partial charge is 0.457 e. The molecule has 26 nitrogen and oxygen atoms in total. The average molecular weight is 1370 g/mol. The van der Waals surface area contributed by atoms with Crippen molar-refractivity contribution in [1.29, 1.82) is 0 Å². The Morgan fingerprint density at radius 1 is 0.475 bits per heavy atom. The van der Waals surface area contributed by atoms with Crippen LogP contribution in [-0.4, -0.2) is 147 Å². The van der Waals surface area contributed by atoms with Gasteiger partial charge in [0, 0.05) is 74.6 Å². The zero-order valence-corrected chi connectivity index (χ0v) is 56.1. The first-order valence-electron chi connectivity index (χ1n) is 32.7. The first kappa shape index (κ1) is 67.4. The maximum Gasteiger partial charge on any atom is 0.246 e. The normalized spacial score (nSPS) is 16.2. The Balaban J connectivity index is 0.000000136. The number of allylic oxidation sites excluding steroid dienone is 1. The Bertz CT molecular complexity index is 5100. The van der Waals surface area contributed by atoms with Crippen LogP contribution in [0.15, 0.2) is 219 Å². The maximum atomic E-state index is 12.5. The quantitative estimate of drug-likeness (QED) is 0.0672. The van der Waals surface area contributed by atoms with Crippen molar-refractivity contribution < 1.29 is 37.0 Å². The lowest BCUT2D eigenvalue weighted by atomic mass is 10.1. The van der Waals surface area contributed by atoms with Crippen LogP contribution in [0.3, 0.4) is 0 Å². The molecule has 3 aliphatic heterocycles. The third-order valence-corrected chi connectivity index (χ3v) is 18.9. The number of hydrogen-bond acceptors (Lipinski definition) is 20. The second-order valence-electron chi connectivity index (χ2n) is 23.9. The van der Waals surface area contributed by atoms with Crippen LogP contribution in [0.1, 0.15) is 44.3 Å². The molecular formula is C74H72N18O8S. The molecule has 0 aliphatic carbocycles. The van der Waals surface area contributed by atoms with Crippen LogP contribution in [0.25, 0.3) is 66.9 Å². The number of nitrogens with zero attached hydrogens (tertiary/aromatic N) is 15. The number of aromatic nitrogens is 12. The molecule has 0 bridgehead atoms. The summed E-state index contributed by atoms with van der Waals surface area (Å²) in [6.45, 7) is 8.78. The molecule has 9 heterocycles. The van der Waals surface area contributed by atoms with Crippen molar-refractivity contribution in [2.75, 3.05) is 70.2 Å². The van der Waals surface area contributed by atoms with Crippen molar-refractivity contribution in [2.45, 2.75) is 44.3 Å². The highest BCUT2D eigenvalue weighted by atomic mass is 32.2. The van der Waals surface area contributed by atoms with Gasteiger partial charge in [-0.15, -0.1) is 0 Å². The molecule has 27 heteroatoms. The molecule has 3 fully saturated rings. The van der Waals surface area contributed by atoms with Crippen molar-refractivity contribution in [3.8, 4) is 68.3 Å². The zero-order valence-electron chi connectivity index (χ0n) is 55.3. The number of benzene rings is 6. The summed E-state index contributed by atoms with van der Waals surface area (Å²) < 4.78 is 54.0. The maximum absolute atomic E-state index is 12.5. The van der Waals surface area contributed by atoms with E-state index in [-0.39, 0.29) is 29.9 Å². The molecule has 0 saturated carbocycles. The number of nitrogen functional groups attached to an aromatic ring is 3. The molecule has 0 spiro atoms. The van der Waals surface area contributed by atoms with Crippen LogP contribution in [0.2, 0.25) is 0 Å². The number of carbonyl (C=O) groups excluding carboxylic acids is 2. The molecule has 15 rings (SSSR count). The van der Waals surface area contributed by atoms with Gasteiger partial charge in [-0.2, -0.15) is 19.6 Å². The van der Waals surface area contributed by atoms with Crippen LogP contribution in [0, 0.1) is 0 Å². The van der Waals surface area contributed by atoms with Crippen LogP contribution in [-0.2, 0) is 24.3 Å². The highest BCUT2D eigenvalue weighted by Gasteiger charge is 2.35. The van der Waals surface area contributed by atoms with Gasteiger partial charge in [-0.1, -0.05) is 73.3 Å². The zero-order chi connectivity index (χ0) is 70.0. The molecule has 6 N–H and O–H groups in total. The lowest BCUT2D eigenvalue weighted by Crippen LogP contribution is -2.27. The molecule has 512 valence electrons. The van der Waals surface area contributed by atoms with E-state index in [2.05, 4.69) is 36.5 Å². The first-order valence-corrected chi connectivity index (χ1v) is 34.2. The van der Waals surface area contributed by atoms with E-state index in [0.29, 0.717) is 126 Å². The van der Waals surface area contributed by atoms with Crippen molar-refractivity contribution in [1.82, 2.24) is 73.4 Å². The van der Waals surface area contributed by atoms with Gasteiger partial charge >= 0.3 is 0 Å². The number of rotatable bonds is 18. The standard InChI is InChI=1S/C26H26N6O3.C25H24N6O2.C23H22N6O3S/c1-34-15-5-8-22(33)31-14-13-19(16-31)32-26-23(25(27)28-17-29-26)24(30-32)18-9-11-21(12-10-18)35-20-6-3-2-4-7-20;1-2-6-21(32)30-14-13-18(15-30)31-25-22(24(26)27-16-28-25)23(29-31)17-9-11-20(12-10-17)33-19-7-4-3-5-8-19;1-2-33(30,31)28-13-12-17(14-28)29-23-20(22(24)25-15-26-23)21(27-29)16-8-10-19(11-9-16)32-18-6-4-3-5-7-18/h2-12,17,19H,13-16H2,1H3,(H2,27,28,29);2-12,16,18H,13-15H2,1H3,(H2,26,27,28);2-11,15,17H,1,12-14H2,(H2,24,25,26)/b8-5+;6-2+;. The number of likely N-dealkylation sites (tertiary alicyclic amines) is 2. The summed E-state index contributed by atoms with van der Waals surface area (Å²) in [4.78, 5) is 54.3. The van der Waals surface area contributed by atoms with Gasteiger partial charge in [-0.3, -0.25) is 9.59 Å². The molecule has 3 saturated heterocycles. The predicted octanol–water partition coefficient (Wildman–Crippen LogP) is 11.6. The van der Waals surface area contributed by atoms with Gasteiger partial charge in [0.1, 0.15) is 88.0 Å². The van der Waals surface area contributed by atoms with E-state index in [1.807, 2.05) is 190 Å². The Labute approximate surface area is 581 Å². The van der Waals surface area contributed by atoms with Crippen molar-refractivity contribution in [2.24, 2.45) is 0 Å². The number of methoxy groups -OCH3 is 1. The summed E-state index contributed by atoms with van der Waals surface area (Å²) in [7, 11) is -1.90. The summed E-state index contributed by atoms with van der Waals surface area (Å²) in [6.07, 6.45) is 13.1. The van der Waals surface area contributed by atoms with Gasteiger partial charge in [0.15, 0.2) is 16.9 Å². The summed E-state index contributed by atoms with van der Waals surface area (Å²) in [6, 6.07) is 51.5. The molecule has 101 heavy (non-hydrogen) atoms. The van der Waals surface area contributed by atoms with E-state index in [9.17, 15) is 18.0 Å². The van der Waals surface area contributed by atoms with Gasteiger partial charge in [0.25, 0.3) is 0 Å². The second kappa shape index (κ2) is 30.3. The molecule has 3 unspecified atom stereocenters. The van der Waals surface area contributed by atoms with Crippen molar-refractivity contribution >= 4 is 72.4 Å². The van der Waals surface area contributed by atoms with Gasteiger partial charge < -0.3 is 45.9 Å². The molecule has 3 atom stereocenters. The summed E-state index contributed by atoms with van der Waals surface area (Å²) >= 11 is 0. The minimum Gasteiger partial charge on any atom is -0.457 e. The monoisotopic (exact) mass is 1370 g/mol. The van der Waals surface area contributed by atoms with E-state index < -0.39 is 10.0 Å². The predicted molar refractivity (Wildman–Crippen MR) is 386 cm³/mol. The number of fused-ring (bicyclic) bond motifs is 3. The number of sulfonamides is 1. The first-order chi connectivity index (χ1) is 49.2. The van der Waals surface area contributed by atoms with E-state index in [4.69, 9.17) is 51.4 Å². The SMILES string of the molecule is C/C=C/C(=O)N1CCC(n2nc(-c3ccc(Oc4ccccc4)cc3)c3c(N)ncnc32)C1.C=CS(=O)(=O)N1CCC(n2nc(-c3ccc(Oc4ccccc4)cc3)c3c(N)ncnc32)C1.COC/C=C/C(=O)N1CCC(n2nc(-c3ccc(Oc4ccccc4)cc3)c3c(N)ncnc32)C1. The number of para-hydroxylation sites is 3. The van der Waals surface area contributed by atoms with Gasteiger partial charge in [0.2, 0.25) is 21.8 Å². The topological polar surface area (TPSA) is 324 Å². The van der Waals surface area contributed by atoms with E-state index in [1.165, 1.54) is 23.3 Å². The molecule has 6 aromatic carbocycles. The molecular weight excluding hydrogens is 1300 g/mol. The minimum atomic E-state index is -3.49. The fraction of sp³-hybridized carbons (Fsp3) is 0.203. The third kappa shape index (κ3) is 15.0. The van der Waals surface area contributed by atoms with Crippen LogP contribution < -0.4 is 31.4 Å². The Morgan fingerprint density at radius 2 is 0.812 bits per heavy atom. The van der Waals surface area contributed by atoms with Crippen LogP contribution >= 0.6 is 0 Å². The summed E-state index contributed by atoms with van der Waals surface area (Å²) in [5.41, 5.74) is 25.3. The van der Waals surface area contributed by atoms with Gasteiger partial charge in [0.05, 0.1) is 40.9 Å². The van der Waals surface area contributed by atoms with Crippen LogP contribution in [0.4, 0.5) is 17.5 Å². The average Bonchev–Trinajstić information content (AvgIpc) is 1.62. The molecule has 6 aromatic heterocycles. The van der Waals surface area contributed by atoms with Crippen LogP contribution in [0.5, 0.6) is 34.5 Å². The van der Waals surface area contributed by atoms with Crippen molar-refractivity contribution in [3.05, 3.63) is 219 Å². The summed E-state index contributed by atoms with van der Waals surface area (Å²) in [5.74, 6) is 5.48. The molecule has 2 amide bonds. The smallest absolute Gasteiger partial charge is 0.246 e. The van der Waals surface area contributed by atoms with E-state index >= 15 is 0 Å². The number of amides is 2. The number of hydrogen-bond donors (Lipinski definition) is 3. The Hall–Kier alpha value is -12.2. The Morgan fingerprint density at radius 3 is 1.16 bits per heavy atom. The molecule has 3 aliphatic rings. The molecule has 12 aromatic rings. The van der Waals surface area contributed by atoms with E-state index in [1.54, 1.807) is 36.1 Å². The number of anilines is 3. The van der Waals surface area contributed by atoms with E-state index in [0.717, 1.165) is 63.7 Å². The molecule has 0 radical (unpaired) electrons. The highest BCUT2D eigenvalue weighted by Crippen LogP contribution is 2.39. The number of nitrogens with two attached hydrogens (primary N) is 3. The third-order valence-electron chi connectivity index (χ3n) is 17.4. The minimum absolute atomic E-state index is 0.0130. The fourth-order valence-corrected chi connectivity index (χ4v) is 13.4. The Kier molecular flexibility index (Phi) is 20.2. The number of carbonyl (C=O) groups is 2. The number of ether oxygens (including phenoxy) is 4. The lowest BCUT2D eigenvalue weighted by molar-refractivity contribution is -0.125. The highest BCUT2D eigenvalue weighted by molar-refractivity contribution is 7.92. The van der Waals surface area contributed by atoms with Gasteiger partial charge in [-0.25, -0.2) is 52.4 Å². The lowest BCUT2D eigenvalue weighted by Gasteiger charge is -2.15.